The number of allylic oxidation sites excluding steroid dienone is 1. The van der Waals surface area contributed by atoms with Crippen molar-refractivity contribution in [2.24, 2.45) is 46.3 Å². The molecule has 4 aliphatic rings. The monoisotopic (exact) mass is 653 g/mol. The smallest absolute Gasteiger partial charge is 0.306 e. The second-order valence-electron chi connectivity index (χ2n) is 18.3. The molecule has 8 atom stereocenters. The minimum atomic E-state index is 0.0653. The quantitative estimate of drug-likeness (QED) is 0.0661. The lowest BCUT2D eigenvalue weighted by molar-refractivity contribution is -0.151. The highest BCUT2D eigenvalue weighted by Crippen LogP contribution is 2.67. The van der Waals surface area contributed by atoms with Crippen molar-refractivity contribution < 1.29 is 9.53 Å². The van der Waals surface area contributed by atoms with Gasteiger partial charge in [-0.1, -0.05) is 162 Å². The van der Waals surface area contributed by atoms with Crippen LogP contribution in [0.15, 0.2) is 11.6 Å². The number of rotatable bonds is 22. The summed E-state index contributed by atoms with van der Waals surface area (Å²) in [7, 11) is 0. The summed E-state index contributed by atoms with van der Waals surface area (Å²) in [5, 5.41) is 0. The molecule has 2 nitrogen and oxygen atoms in total. The van der Waals surface area contributed by atoms with Crippen LogP contribution >= 0.6 is 0 Å². The molecule has 0 N–H and O–H groups in total. The first-order valence-electron chi connectivity index (χ1n) is 21.6. The van der Waals surface area contributed by atoms with Crippen LogP contribution in [0.1, 0.15) is 215 Å². The molecular weight excluding hydrogens is 572 g/mol. The highest BCUT2D eigenvalue weighted by Gasteiger charge is 2.59. The highest BCUT2D eigenvalue weighted by molar-refractivity contribution is 5.69. The van der Waals surface area contributed by atoms with E-state index in [2.05, 4.69) is 47.6 Å². The third-order valence-electron chi connectivity index (χ3n) is 14.5. The summed E-state index contributed by atoms with van der Waals surface area (Å²) in [6, 6.07) is 0. The standard InChI is InChI=1S/C45H80O2/c1-7-8-9-10-11-12-13-14-15-16-17-18-19-20-21-25-43(46)47-38-30-32-44(5)37(34-38)26-27-39-41-29-28-40(36(4)24-22-23-35(2)3)45(41,6)33-31-42(39)44/h26,35-36,38-42H,7-25,27-34H2,1-6H3/t36?,38-,39?,40?,41?,42?,44-,45+/m0/s1. The predicted octanol–water partition coefficient (Wildman–Crippen LogP) is 14.2. The van der Waals surface area contributed by atoms with E-state index >= 15 is 0 Å². The fourth-order valence-electron chi connectivity index (χ4n) is 11.6. The van der Waals surface area contributed by atoms with E-state index in [0.29, 0.717) is 17.3 Å². The van der Waals surface area contributed by atoms with Crippen molar-refractivity contribution >= 4 is 5.97 Å². The Kier molecular flexibility index (Phi) is 16.2. The van der Waals surface area contributed by atoms with E-state index in [4.69, 9.17) is 4.74 Å². The molecule has 4 aliphatic carbocycles. The maximum absolute atomic E-state index is 12.8. The summed E-state index contributed by atoms with van der Waals surface area (Å²) < 4.78 is 6.13. The summed E-state index contributed by atoms with van der Waals surface area (Å²) in [5.41, 5.74) is 2.54. The topological polar surface area (TPSA) is 26.3 Å². The summed E-state index contributed by atoms with van der Waals surface area (Å²) in [6.45, 7) is 15.0. The Balaban J connectivity index is 1.10. The van der Waals surface area contributed by atoms with Crippen molar-refractivity contribution in [2.45, 2.75) is 221 Å². The minimum absolute atomic E-state index is 0.0653. The summed E-state index contributed by atoms with van der Waals surface area (Å²) >= 11 is 0. The summed E-state index contributed by atoms with van der Waals surface area (Å²) in [4.78, 5) is 12.8. The van der Waals surface area contributed by atoms with Gasteiger partial charge in [-0.05, 0) is 97.7 Å². The van der Waals surface area contributed by atoms with Crippen LogP contribution in [0.4, 0.5) is 0 Å². The van der Waals surface area contributed by atoms with Gasteiger partial charge < -0.3 is 4.74 Å². The molecule has 4 rings (SSSR count). The van der Waals surface area contributed by atoms with Crippen molar-refractivity contribution in [3.05, 3.63) is 11.6 Å². The molecule has 0 bridgehead atoms. The Morgan fingerprint density at radius 1 is 0.745 bits per heavy atom. The van der Waals surface area contributed by atoms with Gasteiger partial charge in [0.15, 0.2) is 0 Å². The highest BCUT2D eigenvalue weighted by atomic mass is 16.5. The molecule has 0 spiro atoms. The fraction of sp³-hybridized carbons (Fsp3) is 0.933. The van der Waals surface area contributed by atoms with E-state index < -0.39 is 0 Å². The molecular formula is C45H80O2. The molecule has 5 unspecified atom stereocenters. The number of ether oxygens (including phenoxy) is 1. The van der Waals surface area contributed by atoms with Crippen molar-refractivity contribution in [1.29, 1.82) is 0 Å². The van der Waals surface area contributed by atoms with Gasteiger partial charge >= 0.3 is 5.97 Å². The summed E-state index contributed by atoms with van der Waals surface area (Å²) in [6.07, 6.45) is 38.4. The van der Waals surface area contributed by atoms with Crippen LogP contribution in [-0.2, 0) is 9.53 Å². The van der Waals surface area contributed by atoms with E-state index in [9.17, 15) is 4.79 Å². The molecule has 0 amide bonds. The van der Waals surface area contributed by atoms with Crippen LogP contribution in [-0.4, -0.2) is 12.1 Å². The second-order valence-corrected chi connectivity index (χ2v) is 18.3. The molecule has 0 radical (unpaired) electrons. The van der Waals surface area contributed by atoms with E-state index in [0.717, 1.165) is 54.8 Å². The molecule has 2 heteroatoms. The third-order valence-corrected chi connectivity index (χ3v) is 14.5. The minimum Gasteiger partial charge on any atom is -0.462 e. The van der Waals surface area contributed by atoms with Crippen molar-refractivity contribution in [3.63, 3.8) is 0 Å². The van der Waals surface area contributed by atoms with Crippen LogP contribution in [0.5, 0.6) is 0 Å². The van der Waals surface area contributed by atoms with Gasteiger partial charge in [0.2, 0.25) is 0 Å². The van der Waals surface area contributed by atoms with Crippen LogP contribution in [0, 0.1) is 46.3 Å². The number of esters is 1. The number of unbranched alkanes of at least 4 members (excludes halogenated alkanes) is 14. The third kappa shape index (κ3) is 10.8. The van der Waals surface area contributed by atoms with E-state index in [1.165, 1.54) is 148 Å². The number of hydrogen-bond donors (Lipinski definition) is 0. The molecule has 0 aromatic carbocycles. The zero-order valence-electron chi connectivity index (χ0n) is 32.5. The Morgan fingerprint density at radius 2 is 1.36 bits per heavy atom. The largest absolute Gasteiger partial charge is 0.462 e. The fourth-order valence-corrected chi connectivity index (χ4v) is 11.6. The second kappa shape index (κ2) is 19.6. The lowest BCUT2D eigenvalue weighted by atomic mass is 9.47. The first kappa shape index (κ1) is 39.0. The molecule has 3 fully saturated rings. The molecule has 0 aromatic heterocycles. The lowest BCUT2D eigenvalue weighted by Crippen LogP contribution is -2.51. The van der Waals surface area contributed by atoms with E-state index in [1.54, 1.807) is 5.57 Å². The lowest BCUT2D eigenvalue weighted by Gasteiger charge is -2.58. The molecule has 0 heterocycles. The van der Waals surface area contributed by atoms with Gasteiger partial charge in [0.1, 0.15) is 6.10 Å². The van der Waals surface area contributed by atoms with Crippen molar-refractivity contribution in [1.82, 2.24) is 0 Å². The Morgan fingerprint density at radius 3 is 1.98 bits per heavy atom. The van der Waals surface area contributed by atoms with Crippen LogP contribution in [0.3, 0.4) is 0 Å². The number of hydrogen-bond acceptors (Lipinski definition) is 2. The maximum Gasteiger partial charge on any atom is 0.306 e. The van der Waals surface area contributed by atoms with Gasteiger partial charge in [-0.2, -0.15) is 0 Å². The Labute approximate surface area is 293 Å². The summed E-state index contributed by atoms with van der Waals surface area (Å²) in [5.74, 6) is 5.34. The maximum atomic E-state index is 12.8. The zero-order chi connectivity index (χ0) is 33.7. The van der Waals surface area contributed by atoms with Crippen molar-refractivity contribution in [2.75, 3.05) is 0 Å². The van der Waals surface area contributed by atoms with Gasteiger partial charge in [0, 0.05) is 12.8 Å². The number of fused-ring (bicyclic) bond motifs is 5. The number of carbonyl (C=O) groups excluding carboxylic acids is 1. The van der Waals surface area contributed by atoms with Crippen LogP contribution in [0.2, 0.25) is 0 Å². The van der Waals surface area contributed by atoms with Gasteiger partial charge in [-0.15, -0.1) is 0 Å². The molecule has 0 aliphatic heterocycles. The molecule has 3 saturated carbocycles. The molecule has 0 aromatic rings. The first-order chi connectivity index (χ1) is 22.7. The molecule has 0 saturated heterocycles. The van der Waals surface area contributed by atoms with Crippen LogP contribution in [0.25, 0.3) is 0 Å². The molecule has 47 heavy (non-hydrogen) atoms. The number of carbonyl (C=O) groups is 1. The Bertz CT molecular complexity index is 934. The average Bonchev–Trinajstić information content (AvgIpc) is 3.40. The van der Waals surface area contributed by atoms with Crippen molar-refractivity contribution in [3.8, 4) is 0 Å². The normalized spacial score (nSPS) is 32.4. The van der Waals surface area contributed by atoms with E-state index in [1.807, 2.05) is 0 Å². The van der Waals surface area contributed by atoms with Crippen LogP contribution < -0.4 is 0 Å². The SMILES string of the molecule is CCCCCCCCCCCCCCCCCC(=O)O[C@H]1CC[C@@]2(C)C(=CCC3C4CCC(C(C)CCCC(C)C)[C@@]4(C)CCC32)C1. The molecule has 272 valence electrons. The van der Waals surface area contributed by atoms with Gasteiger partial charge in [-0.25, -0.2) is 0 Å². The van der Waals surface area contributed by atoms with Gasteiger partial charge in [0.05, 0.1) is 0 Å². The Hall–Kier alpha value is -0.790. The zero-order valence-corrected chi connectivity index (χ0v) is 32.5. The van der Waals surface area contributed by atoms with E-state index in [-0.39, 0.29) is 12.1 Å². The average molecular weight is 653 g/mol. The first-order valence-corrected chi connectivity index (χ1v) is 21.6. The van der Waals surface area contributed by atoms with Gasteiger partial charge in [-0.3, -0.25) is 4.79 Å². The predicted molar refractivity (Wildman–Crippen MR) is 202 cm³/mol. The van der Waals surface area contributed by atoms with Gasteiger partial charge in [0.25, 0.3) is 0 Å².